The Morgan fingerprint density at radius 2 is 2.03 bits per heavy atom. The van der Waals surface area contributed by atoms with Gasteiger partial charge in [-0.2, -0.15) is 5.26 Å². The van der Waals surface area contributed by atoms with Crippen LogP contribution in [0.2, 0.25) is 0 Å². The van der Waals surface area contributed by atoms with Gasteiger partial charge in [-0.05, 0) is 36.8 Å². The molecule has 1 aromatic carbocycles. The summed E-state index contributed by atoms with van der Waals surface area (Å²) in [5.74, 6) is -1.16. The van der Waals surface area contributed by atoms with Crippen LogP contribution >= 0.6 is 11.8 Å². The standard InChI is InChI=1S/C22H21N3O5S/c23-9-7-14-2-1-10-24(12-14)13-15-3-5-16(6-4-15)30-22-18(21(28)29)25-19(27)17(8-11-26)20(25)31-22/h1-6,10,12,17-18,20,22,26H,7-8,11,13H2/p+1/t17-,18?,20?,22?/m0/s1. The van der Waals surface area contributed by atoms with E-state index in [0.717, 1.165) is 11.1 Å². The fourth-order valence-corrected chi connectivity index (χ4v) is 5.62. The quantitative estimate of drug-likeness (QED) is 0.468. The number of aliphatic hydroxyl groups is 1. The number of nitriles is 1. The van der Waals surface area contributed by atoms with Gasteiger partial charge in [-0.25, -0.2) is 9.36 Å². The summed E-state index contributed by atoms with van der Waals surface area (Å²) in [5, 5.41) is 27.3. The van der Waals surface area contributed by atoms with Crippen molar-refractivity contribution in [2.75, 3.05) is 6.61 Å². The molecule has 2 aliphatic heterocycles. The smallest absolute Gasteiger partial charge is 0.331 e. The molecule has 0 aliphatic carbocycles. The number of benzene rings is 1. The van der Waals surface area contributed by atoms with Crippen LogP contribution in [-0.4, -0.2) is 50.4 Å². The Morgan fingerprint density at radius 1 is 1.26 bits per heavy atom. The maximum atomic E-state index is 12.3. The van der Waals surface area contributed by atoms with Gasteiger partial charge in [-0.1, -0.05) is 11.8 Å². The number of hydrogen-bond donors (Lipinski definition) is 2. The molecule has 0 radical (unpaired) electrons. The van der Waals surface area contributed by atoms with Crippen LogP contribution in [0.15, 0.2) is 48.8 Å². The van der Waals surface area contributed by atoms with Crippen molar-refractivity contribution in [2.45, 2.75) is 36.2 Å². The Kier molecular flexibility index (Phi) is 6.11. The van der Waals surface area contributed by atoms with Gasteiger partial charge in [0.2, 0.25) is 5.91 Å². The van der Waals surface area contributed by atoms with Crippen molar-refractivity contribution in [1.82, 2.24) is 4.90 Å². The lowest BCUT2D eigenvalue weighted by Gasteiger charge is -2.42. The van der Waals surface area contributed by atoms with Crippen LogP contribution in [0.25, 0.3) is 0 Å². The van der Waals surface area contributed by atoms with E-state index in [1.54, 1.807) is 12.1 Å². The first-order valence-electron chi connectivity index (χ1n) is 9.93. The van der Waals surface area contributed by atoms with E-state index in [2.05, 4.69) is 6.07 Å². The minimum absolute atomic E-state index is 0.108. The molecule has 160 valence electrons. The van der Waals surface area contributed by atoms with Crippen LogP contribution in [0, 0.1) is 17.2 Å². The molecular weight excluding hydrogens is 418 g/mol. The Morgan fingerprint density at radius 3 is 2.71 bits per heavy atom. The molecular formula is C22H22N3O5S+. The Labute approximate surface area is 183 Å². The molecule has 0 bridgehead atoms. The van der Waals surface area contributed by atoms with Crippen molar-refractivity contribution >= 4 is 23.6 Å². The fraction of sp³-hybridized carbons (Fsp3) is 0.364. The highest BCUT2D eigenvalue weighted by molar-refractivity contribution is 8.00. The molecule has 3 unspecified atom stereocenters. The first-order chi connectivity index (χ1) is 15.0. The molecule has 3 heterocycles. The van der Waals surface area contributed by atoms with E-state index < -0.39 is 17.4 Å². The van der Waals surface area contributed by atoms with Crippen LogP contribution in [0.5, 0.6) is 5.75 Å². The van der Waals surface area contributed by atoms with Crippen molar-refractivity contribution < 1.29 is 29.1 Å². The zero-order valence-corrected chi connectivity index (χ0v) is 17.4. The van der Waals surface area contributed by atoms with Gasteiger partial charge in [-0.3, -0.25) is 4.79 Å². The number of β-lactam (4-membered cyclic amide) rings is 1. The predicted octanol–water partition coefficient (Wildman–Crippen LogP) is 1.16. The third-order valence-corrected chi connectivity index (χ3v) is 6.91. The number of rotatable bonds is 8. The van der Waals surface area contributed by atoms with Gasteiger partial charge in [0.1, 0.15) is 5.75 Å². The van der Waals surface area contributed by atoms with Gasteiger partial charge in [0, 0.05) is 23.8 Å². The maximum Gasteiger partial charge on any atom is 0.331 e. The molecule has 8 nitrogen and oxygen atoms in total. The zero-order valence-electron chi connectivity index (χ0n) is 16.6. The summed E-state index contributed by atoms with van der Waals surface area (Å²) in [6, 6.07) is 12.3. The lowest BCUT2D eigenvalue weighted by atomic mass is 9.93. The lowest BCUT2D eigenvalue weighted by molar-refractivity contribution is -0.688. The van der Waals surface area contributed by atoms with E-state index in [9.17, 15) is 14.7 Å². The zero-order chi connectivity index (χ0) is 22.0. The summed E-state index contributed by atoms with van der Waals surface area (Å²) in [5.41, 5.74) is 1.27. The predicted molar refractivity (Wildman–Crippen MR) is 111 cm³/mol. The molecule has 0 spiro atoms. The minimum Gasteiger partial charge on any atom is -0.480 e. The van der Waals surface area contributed by atoms with Crippen molar-refractivity contribution in [3.05, 3.63) is 59.9 Å². The number of thioether (sulfide) groups is 1. The molecule has 4 atom stereocenters. The highest BCUT2D eigenvalue weighted by Crippen LogP contribution is 2.49. The average Bonchev–Trinajstić information content (AvgIpc) is 3.09. The Balaban J connectivity index is 1.43. The number of pyridine rings is 1. The van der Waals surface area contributed by atoms with Crippen molar-refractivity contribution in [3.8, 4) is 11.8 Å². The number of aliphatic hydroxyl groups excluding tert-OH is 1. The topological polar surface area (TPSA) is 115 Å². The minimum atomic E-state index is -1.10. The van der Waals surface area contributed by atoms with E-state index >= 15 is 0 Å². The molecule has 2 N–H and O–H groups in total. The molecule has 1 aromatic heterocycles. The maximum absolute atomic E-state index is 12.3. The number of carbonyl (C=O) groups is 2. The summed E-state index contributed by atoms with van der Waals surface area (Å²) < 4.78 is 7.94. The third-order valence-electron chi connectivity index (χ3n) is 5.46. The van der Waals surface area contributed by atoms with Crippen LogP contribution in [0.3, 0.4) is 0 Å². The Bertz CT molecular complexity index is 1020. The van der Waals surface area contributed by atoms with Gasteiger partial charge in [0.25, 0.3) is 0 Å². The van der Waals surface area contributed by atoms with E-state index in [-0.39, 0.29) is 23.8 Å². The molecule has 2 fully saturated rings. The van der Waals surface area contributed by atoms with E-state index in [1.807, 2.05) is 41.2 Å². The third kappa shape index (κ3) is 4.22. The molecule has 9 heteroatoms. The van der Waals surface area contributed by atoms with Gasteiger partial charge < -0.3 is 19.8 Å². The Hall–Kier alpha value is -3.09. The summed E-state index contributed by atoms with van der Waals surface area (Å²) in [6.07, 6.45) is 4.55. The van der Waals surface area contributed by atoms with Gasteiger partial charge in [0.05, 0.1) is 23.8 Å². The van der Waals surface area contributed by atoms with Crippen LogP contribution < -0.4 is 9.30 Å². The molecule has 0 saturated carbocycles. The number of aliphatic carboxylic acids is 1. The number of carbonyl (C=O) groups excluding carboxylic acids is 1. The molecule has 2 aliphatic rings. The van der Waals surface area contributed by atoms with Crippen molar-refractivity contribution in [1.29, 1.82) is 5.26 Å². The monoisotopic (exact) mass is 440 g/mol. The lowest BCUT2D eigenvalue weighted by Crippen LogP contribution is -2.62. The number of hydrogen-bond acceptors (Lipinski definition) is 6. The summed E-state index contributed by atoms with van der Waals surface area (Å²) in [7, 11) is 0. The van der Waals surface area contributed by atoms with E-state index in [4.69, 9.17) is 15.1 Å². The first kappa shape index (κ1) is 21.2. The number of carboxylic acid groups (broad SMARTS) is 1. The number of carboxylic acids is 1. The second-order valence-electron chi connectivity index (χ2n) is 7.52. The number of nitrogens with zero attached hydrogens (tertiary/aromatic N) is 3. The largest absolute Gasteiger partial charge is 0.480 e. The van der Waals surface area contributed by atoms with Crippen molar-refractivity contribution in [3.63, 3.8) is 0 Å². The van der Waals surface area contributed by atoms with Gasteiger partial charge in [0.15, 0.2) is 30.4 Å². The van der Waals surface area contributed by atoms with Crippen LogP contribution in [-0.2, 0) is 22.6 Å². The average molecular weight is 441 g/mol. The SMILES string of the molecule is N#CCc1ccc[n+](Cc2ccc(OC3SC4[C@@H](CCO)C(=O)N4C3C(=O)O)cc2)c1. The van der Waals surface area contributed by atoms with Crippen molar-refractivity contribution in [2.24, 2.45) is 5.92 Å². The second kappa shape index (κ2) is 8.96. The first-order valence-corrected chi connectivity index (χ1v) is 10.9. The molecule has 4 rings (SSSR count). The number of fused-ring (bicyclic) bond motifs is 1. The molecule has 2 aromatic rings. The summed E-state index contributed by atoms with van der Waals surface area (Å²) >= 11 is 1.32. The number of amides is 1. The summed E-state index contributed by atoms with van der Waals surface area (Å²) in [6.45, 7) is 0.520. The van der Waals surface area contributed by atoms with Crippen LogP contribution in [0.1, 0.15) is 17.5 Å². The number of aromatic nitrogens is 1. The van der Waals surface area contributed by atoms with E-state index in [1.165, 1.54) is 16.7 Å². The van der Waals surface area contributed by atoms with E-state index in [0.29, 0.717) is 25.1 Å². The second-order valence-corrected chi connectivity index (χ2v) is 8.74. The highest BCUT2D eigenvalue weighted by atomic mass is 32.2. The van der Waals surface area contributed by atoms with Gasteiger partial charge in [-0.15, -0.1) is 0 Å². The highest BCUT2D eigenvalue weighted by Gasteiger charge is 2.61. The molecule has 1 amide bonds. The molecule has 2 saturated heterocycles. The number of ether oxygens (including phenoxy) is 1. The van der Waals surface area contributed by atoms with Gasteiger partial charge >= 0.3 is 5.97 Å². The van der Waals surface area contributed by atoms with Crippen LogP contribution in [0.4, 0.5) is 0 Å². The normalized spacial score (nSPS) is 24.3. The summed E-state index contributed by atoms with van der Waals surface area (Å²) in [4.78, 5) is 25.4. The fourth-order valence-electron chi connectivity index (χ4n) is 3.97. The molecule has 31 heavy (non-hydrogen) atoms.